The van der Waals surface area contributed by atoms with Crippen LogP contribution in [-0.2, 0) is 20.0 Å². The maximum Gasteiger partial charge on any atom is 0.0923 e. The van der Waals surface area contributed by atoms with E-state index in [-0.39, 0.29) is 0 Å². The van der Waals surface area contributed by atoms with Gasteiger partial charge in [0.25, 0.3) is 0 Å². The van der Waals surface area contributed by atoms with Crippen molar-refractivity contribution in [3.63, 3.8) is 0 Å². The predicted octanol–water partition coefficient (Wildman–Crippen LogP) is 4.51. The third-order valence-electron chi connectivity index (χ3n) is 5.71. The maximum atomic E-state index is 4.73. The second kappa shape index (κ2) is 7.02. The van der Waals surface area contributed by atoms with Crippen LogP contribution in [0.2, 0.25) is 0 Å². The molecule has 0 aliphatic carbocycles. The fraction of sp³-hybridized carbons (Fsp3) is 0.120. The van der Waals surface area contributed by atoms with E-state index in [4.69, 9.17) is 5.10 Å². The monoisotopic (exact) mass is 404 g/mol. The number of rotatable bonds is 4. The Morgan fingerprint density at radius 2 is 1.65 bits per heavy atom. The summed E-state index contributed by atoms with van der Waals surface area (Å²) in [5, 5.41) is 12.4. The van der Waals surface area contributed by atoms with Crippen LogP contribution in [0, 0.1) is 0 Å². The van der Waals surface area contributed by atoms with Gasteiger partial charge in [0.2, 0.25) is 0 Å². The molecular weight excluding hydrogens is 384 g/mol. The Morgan fingerprint density at radius 1 is 0.806 bits per heavy atom. The van der Waals surface area contributed by atoms with Gasteiger partial charge in [-0.2, -0.15) is 10.2 Å². The van der Waals surface area contributed by atoms with Crippen molar-refractivity contribution in [2.24, 2.45) is 7.05 Å². The average molecular weight is 404 g/mol. The zero-order valence-corrected chi connectivity index (χ0v) is 17.1. The topological polar surface area (TPSA) is 61.4 Å². The third-order valence-corrected chi connectivity index (χ3v) is 5.71. The van der Waals surface area contributed by atoms with E-state index in [9.17, 15) is 0 Å². The molecule has 6 nitrogen and oxygen atoms in total. The van der Waals surface area contributed by atoms with E-state index in [0.29, 0.717) is 6.54 Å². The maximum absolute atomic E-state index is 4.73. The Kier molecular flexibility index (Phi) is 4.02. The molecule has 4 aromatic heterocycles. The zero-order chi connectivity index (χ0) is 20.8. The Morgan fingerprint density at radius 3 is 2.55 bits per heavy atom. The van der Waals surface area contributed by atoms with Crippen LogP contribution in [0.25, 0.3) is 32.7 Å². The molecule has 6 rings (SSSR count). The number of nitrogens with zero attached hydrogens (tertiary/aromatic N) is 6. The summed E-state index contributed by atoms with van der Waals surface area (Å²) in [6, 6.07) is 19.1. The number of fused-ring (bicyclic) bond motifs is 3. The molecule has 0 N–H and O–H groups in total. The molecule has 0 atom stereocenters. The second-order valence-electron chi connectivity index (χ2n) is 7.93. The summed E-state index contributed by atoms with van der Waals surface area (Å²) in [6.45, 7) is 0.631. The van der Waals surface area contributed by atoms with Crippen molar-refractivity contribution in [3.8, 4) is 0 Å². The lowest BCUT2D eigenvalue weighted by atomic mass is 10.0. The van der Waals surface area contributed by atoms with Crippen molar-refractivity contribution >= 4 is 32.7 Å². The molecule has 0 aliphatic rings. The quantitative estimate of drug-likeness (QED) is 0.434. The summed E-state index contributed by atoms with van der Waals surface area (Å²) in [5.41, 5.74) is 6.57. The number of aryl methyl sites for hydroxylation is 1. The number of hydrogen-bond acceptors (Lipinski definition) is 4. The van der Waals surface area contributed by atoms with Crippen LogP contribution in [0.3, 0.4) is 0 Å². The van der Waals surface area contributed by atoms with Crippen LogP contribution in [0.1, 0.15) is 16.8 Å². The smallest absolute Gasteiger partial charge is 0.0923 e. The highest BCUT2D eigenvalue weighted by Gasteiger charge is 2.07. The van der Waals surface area contributed by atoms with Gasteiger partial charge in [-0.25, -0.2) is 0 Å². The van der Waals surface area contributed by atoms with Gasteiger partial charge in [-0.05, 0) is 53.9 Å². The van der Waals surface area contributed by atoms with Crippen molar-refractivity contribution in [2.45, 2.75) is 13.0 Å². The number of pyridine rings is 2. The molecule has 6 heteroatoms. The largest absolute Gasteiger partial charge is 0.266 e. The zero-order valence-electron chi connectivity index (χ0n) is 17.1. The van der Waals surface area contributed by atoms with E-state index in [1.807, 2.05) is 41.1 Å². The molecule has 4 heterocycles. The molecule has 0 amide bonds. The summed E-state index contributed by atoms with van der Waals surface area (Å²) in [6.07, 6.45) is 8.55. The first kappa shape index (κ1) is 17.8. The van der Waals surface area contributed by atoms with Gasteiger partial charge in [0.1, 0.15) is 0 Å². The van der Waals surface area contributed by atoms with Crippen LogP contribution in [0.5, 0.6) is 0 Å². The molecule has 0 spiro atoms. The molecule has 6 aromatic rings. The van der Waals surface area contributed by atoms with Crippen molar-refractivity contribution in [1.82, 2.24) is 29.5 Å². The highest BCUT2D eigenvalue weighted by molar-refractivity contribution is 5.80. The van der Waals surface area contributed by atoms with E-state index in [0.717, 1.165) is 39.4 Å². The Labute approximate surface area is 178 Å². The lowest BCUT2D eigenvalue weighted by molar-refractivity contribution is 0.681. The summed E-state index contributed by atoms with van der Waals surface area (Å²) in [4.78, 5) is 8.98. The minimum absolute atomic E-state index is 0.631. The summed E-state index contributed by atoms with van der Waals surface area (Å²) in [5.74, 6) is 0. The van der Waals surface area contributed by atoms with Gasteiger partial charge in [0.15, 0.2) is 0 Å². The SMILES string of the molecule is Cn1ncc2cc(Cn3cc4cc(Cc5ccc6ncccc6c5)ccc4n3)ncc21. The lowest BCUT2D eigenvalue weighted by Crippen LogP contribution is -2.02. The van der Waals surface area contributed by atoms with E-state index >= 15 is 0 Å². The van der Waals surface area contributed by atoms with Crippen molar-refractivity contribution < 1.29 is 0 Å². The molecule has 0 saturated carbocycles. The van der Waals surface area contributed by atoms with Crippen molar-refractivity contribution in [1.29, 1.82) is 0 Å². The summed E-state index contributed by atoms with van der Waals surface area (Å²) in [7, 11) is 1.93. The lowest BCUT2D eigenvalue weighted by Gasteiger charge is -2.04. The van der Waals surface area contributed by atoms with Crippen LogP contribution < -0.4 is 0 Å². The van der Waals surface area contributed by atoms with E-state index in [2.05, 4.69) is 69.8 Å². The van der Waals surface area contributed by atoms with Gasteiger partial charge in [0, 0.05) is 35.6 Å². The normalized spacial score (nSPS) is 11.6. The number of benzene rings is 2. The highest BCUT2D eigenvalue weighted by Crippen LogP contribution is 2.21. The van der Waals surface area contributed by atoms with Crippen LogP contribution in [0.4, 0.5) is 0 Å². The Bertz CT molecular complexity index is 1560. The van der Waals surface area contributed by atoms with Gasteiger partial charge in [-0.3, -0.25) is 19.3 Å². The van der Waals surface area contributed by atoms with Crippen molar-refractivity contribution in [3.05, 3.63) is 96.2 Å². The molecule has 0 radical (unpaired) electrons. The minimum Gasteiger partial charge on any atom is -0.266 e. The van der Waals surface area contributed by atoms with Gasteiger partial charge < -0.3 is 0 Å². The molecule has 0 unspecified atom stereocenters. The van der Waals surface area contributed by atoms with E-state index in [1.54, 1.807) is 0 Å². The standard InChI is InChI=1S/C25H20N6/c1-30-25-14-27-22(12-20(25)13-28-30)16-31-15-21-11-18(5-7-24(21)29-31)9-17-4-6-23-19(10-17)3-2-8-26-23/h2-8,10-15H,9,16H2,1H3. The van der Waals surface area contributed by atoms with E-state index < -0.39 is 0 Å². The first-order valence-corrected chi connectivity index (χ1v) is 10.3. The molecule has 31 heavy (non-hydrogen) atoms. The highest BCUT2D eigenvalue weighted by atomic mass is 15.3. The van der Waals surface area contributed by atoms with Gasteiger partial charge in [0.05, 0.1) is 41.2 Å². The predicted molar refractivity (Wildman–Crippen MR) is 122 cm³/mol. The second-order valence-corrected chi connectivity index (χ2v) is 7.93. The first-order chi connectivity index (χ1) is 15.2. The third kappa shape index (κ3) is 3.32. The molecule has 2 aromatic carbocycles. The molecule has 0 bridgehead atoms. The molecule has 0 saturated heterocycles. The van der Waals surface area contributed by atoms with Gasteiger partial charge in [-0.1, -0.05) is 18.2 Å². The Balaban J connectivity index is 1.26. The number of hydrogen-bond donors (Lipinski definition) is 0. The van der Waals surface area contributed by atoms with Crippen LogP contribution in [-0.4, -0.2) is 29.5 Å². The fourth-order valence-corrected chi connectivity index (χ4v) is 4.13. The average Bonchev–Trinajstić information content (AvgIpc) is 3.36. The van der Waals surface area contributed by atoms with E-state index in [1.165, 1.54) is 16.5 Å². The Hall–Kier alpha value is -4.06. The van der Waals surface area contributed by atoms with Crippen LogP contribution >= 0.6 is 0 Å². The fourth-order valence-electron chi connectivity index (χ4n) is 4.13. The first-order valence-electron chi connectivity index (χ1n) is 10.3. The minimum atomic E-state index is 0.631. The number of aromatic nitrogens is 6. The van der Waals surface area contributed by atoms with Gasteiger partial charge in [-0.15, -0.1) is 0 Å². The summed E-state index contributed by atoms with van der Waals surface area (Å²) < 4.78 is 3.79. The molecule has 150 valence electrons. The molecule has 0 fully saturated rings. The molecular formula is C25H20N6. The van der Waals surface area contributed by atoms with Gasteiger partial charge >= 0.3 is 0 Å². The van der Waals surface area contributed by atoms with Crippen molar-refractivity contribution in [2.75, 3.05) is 0 Å². The summed E-state index contributed by atoms with van der Waals surface area (Å²) >= 11 is 0. The molecule has 0 aliphatic heterocycles. The van der Waals surface area contributed by atoms with Crippen LogP contribution in [0.15, 0.2) is 79.4 Å².